The predicted molar refractivity (Wildman–Crippen MR) is 67.3 cm³/mol. The summed E-state index contributed by atoms with van der Waals surface area (Å²) in [5, 5.41) is 19.0. The molecule has 0 saturated carbocycles. The maximum atomic E-state index is 11.8. The minimum absolute atomic E-state index is 0.141. The van der Waals surface area contributed by atoms with E-state index in [9.17, 15) is 9.90 Å². The molecule has 0 radical (unpaired) electrons. The molecule has 1 aromatic rings. The Balaban J connectivity index is 2.51. The highest BCUT2D eigenvalue weighted by Crippen LogP contribution is 2.32. The first kappa shape index (κ1) is 13.5. The lowest BCUT2D eigenvalue weighted by Crippen LogP contribution is -2.29. The van der Waals surface area contributed by atoms with Gasteiger partial charge in [-0.25, -0.2) is 4.79 Å². The summed E-state index contributed by atoms with van der Waals surface area (Å²) in [5.74, 6) is 0.141. The van der Waals surface area contributed by atoms with Crippen molar-refractivity contribution in [3.63, 3.8) is 0 Å². The third kappa shape index (κ3) is 2.20. The van der Waals surface area contributed by atoms with Gasteiger partial charge in [-0.1, -0.05) is 6.58 Å². The maximum absolute atomic E-state index is 11.8. The van der Waals surface area contributed by atoms with Crippen molar-refractivity contribution in [2.45, 2.75) is 25.4 Å². The van der Waals surface area contributed by atoms with Crippen LogP contribution in [0.1, 0.15) is 11.8 Å². The molecule has 2 rings (SSSR count). The molecule has 0 amide bonds. The van der Waals surface area contributed by atoms with Crippen LogP contribution >= 0.6 is 0 Å². The lowest BCUT2D eigenvalue weighted by molar-refractivity contribution is -0.0447. The van der Waals surface area contributed by atoms with E-state index in [4.69, 9.17) is 15.6 Å². The second-order valence-corrected chi connectivity index (χ2v) is 4.29. The Bertz CT molecular complexity index is 603. The number of nitrogen functional groups attached to an aromatic ring is 1. The van der Waals surface area contributed by atoms with Crippen molar-refractivity contribution in [2.24, 2.45) is 0 Å². The van der Waals surface area contributed by atoms with Crippen molar-refractivity contribution in [1.29, 1.82) is 0 Å². The van der Waals surface area contributed by atoms with E-state index in [1.54, 1.807) is 6.92 Å². The van der Waals surface area contributed by atoms with Crippen LogP contribution in [0.25, 0.3) is 0 Å². The number of anilines is 1. The number of nitrogens with zero attached hydrogens (tertiary/aromatic N) is 2. The fraction of sp³-hybridized carbons (Fsp3) is 0.417. The first-order chi connectivity index (χ1) is 8.99. The standard InChI is InChI=1S/C12H15N3O4/c1-3-7-9(17)8(5-16)19-11(7)15-4-6(2)10(13)14-12(15)18/h4,8-9,11,16-17H,1,5H2,2H3,(H2,13,14,18)/t8-,9?,11-/m1/s1. The summed E-state index contributed by atoms with van der Waals surface area (Å²) < 4.78 is 6.62. The predicted octanol–water partition coefficient (Wildman–Crippen LogP) is -0.904. The first-order valence-corrected chi connectivity index (χ1v) is 5.69. The number of hydrogen-bond acceptors (Lipinski definition) is 6. The first-order valence-electron chi connectivity index (χ1n) is 5.69. The minimum atomic E-state index is -1.06. The van der Waals surface area contributed by atoms with Gasteiger partial charge in [0.15, 0.2) is 6.23 Å². The summed E-state index contributed by atoms with van der Waals surface area (Å²) in [6.45, 7) is 4.79. The van der Waals surface area contributed by atoms with Crippen LogP contribution in [-0.2, 0) is 4.74 Å². The van der Waals surface area contributed by atoms with Crippen molar-refractivity contribution in [3.05, 3.63) is 40.1 Å². The van der Waals surface area contributed by atoms with Crippen LogP contribution in [0.2, 0.25) is 0 Å². The molecule has 0 spiro atoms. The zero-order valence-corrected chi connectivity index (χ0v) is 10.4. The average Bonchev–Trinajstić information content (AvgIpc) is 2.70. The van der Waals surface area contributed by atoms with Crippen molar-refractivity contribution >= 4 is 5.82 Å². The summed E-state index contributed by atoms with van der Waals surface area (Å²) in [6, 6.07) is 0. The van der Waals surface area contributed by atoms with Crippen molar-refractivity contribution in [2.75, 3.05) is 12.3 Å². The highest BCUT2D eigenvalue weighted by atomic mass is 16.5. The number of aromatic nitrogens is 2. The third-order valence-electron chi connectivity index (χ3n) is 3.05. The van der Waals surface area contributed by atoms with Crippen LogP contribution in [0.3, 0.4) is 0 Å². The maximum Gasteiger partial charge on any atom is 0.351 e. The number of hydrogen-bond donors (Lipinski definition) is 3. The Morgan fingerprint density at radius 3 is 2.95 bits per heavy atom. The smallest absolute Gasteiger partial charge is 0.351 e. The fourth-order valence-corrected chi connectivity index (χ4v) is 1.96. The number of aryl methyl sites for hydroxylation is 1. The van der Waals surface area contributed by atoms with E-state index in [0.29, 0.717) is 5.56 Å². The van der Waals surface area contributed by atoms with Gasteiger partial charge in [-0.15, -0.1) is 5.73 Å². The van der Waals surface area contributed by atoms with Crippen LogP contribution in [0.4, 0.5) is 5.82 Å². The largest absolute Gasteiger partial charge is 0.394 e. The van der Waals surface area contributed by atoms with Gasteiger partial charge in [-0.3, -0.25) is 4.57 Å². The molecule has 0 aromatic carbocycles. The minimum Gasteiger partial charge on any atom is -0.394 e. The van der Waals surface area contributed by atoms with E-state index in [0.717, 1.165) is 0 Å². The highest BCUT2D eigenvalue weighted by Gasteiger charge is 2.40. The van der Waals surface area contributed by atoms with Gasteiger partial charge < -0.3 is 20.7 Å². The van der Waals surface area contributed by atoms with Gasteiger partial charge in [0.25, 0.3) is 0 Å². The topological polar surface area (TPSA) is 111 Å². The zero-order chi connectivity index (χ0) is 14.2. The quantitative estimate of drug-likeness (QED) is 0.597. The molecule has 1 unspecified atom stereocenters. The number of rotatable bonds is 2. The van der Waals surface area contributed by atoms with Crippen LogP contribution in [-0.4, -0.2) is 38.6 Å². The molecule has 1 aliphatic heterocycles. The van der Waals surface area contributed by atoms with Crippen LogP contribution < -0.4 is 11.4 Å². The summed E-state index contributed by atoms with van der Waals surface area (Å²) in [5.41, 5.74) is 8.38. The molecular weight excluding hydrogens is 250 g/mol. The molecule has 19 heavy (non-hydrogen) atoms. The Kier molecular flexibility index (Phi) is 3.55. The molecule has 7 nitrogen and oxygen atoms in total. The van der Waals surface area contributed by atoms with E-state index in [1.807, 2.05) is 0 Å². The molecule has 1 fully saturated rings. The molecule has 7 heteroatoms. The van der Waals surface area contributed by atoms with Gasteiger partial charge in [0.1, 0.15) is 18.0 Å². The van der Waals surface area contributed by atoms with Gasteiger partial charge in [0.2, 0.25) is 0 Å². The van der Waals surface area contributed by atoms with Crippen molar-refractivity contribution in [1.82, 2.24) is 9.55 Å². The van der Waals surface area contributed by atoms with Gasteiger partial charge in [0.05, 0.1) is 12.2 Å². The van der Waals surface area contributed by atoms with Gasteiger partial charge in [-0.05, 0) is 6.92 Å². The average molecular weight is 265 g/mol. The molecule has 0 aliphatic carbocycles. The normalized spacial score (nSPS) is 26.5. The Morgan fingerprint density at radius 2 is 2.37 bits per heavy atom. The molecule has 2 heterocycles. The second-order valence-electron chi connectivity index (χ2n) is 4.29. The van der Waals surface area contributed by atoms with Crippen LogP contribution in [0.5, 0.6) is 0 Å². The van der Waals surface area contributed by atoms with E-state index >= 15 is 0 Å². The highest BCUT2D eigenvalue weighted by molar-refractivity contribution is 5.35. The fourth-order valence-electron chi connectivity index (χ4n) is 1.96. The van der Waals surface area contributed by atoms with Crippen molar-refractivity contribution < 1.29 is 14.9 Å². The van der Waals surface area contributed by atoms with Crippen LogP contribution in [0, 0.1) is 6.92 Å². The van der Waals surface area contributed by atoms with Gasteiger partial charge >= 0.3 is 5.69 Å². The van der Waals surface area contributed by atoms with E-state index in [-0.39, 0.29) is 18.0 Å². The number of ether oxygens (including phenoxy) is 1. The lowest BCUT2D eigenvalue weighted by atomic mass is 10.1. The summed E-state index contributed by atoms with van der Waals surface area (Å²) >= 11 is 0. The lowest BCUT2D eigenvalue weighted by Gasteiger charge is -2.15. The number of aliphatic hydroxyl groups excluding tert-OH is 2. The molecule has 102 valence electrons. The number of nitrogens with two attached hydrogens (primary N) is 1. The molecule has 1 aliphatic rings. The summed E-state index contributed by atoms with van der Waals surface area (Å²) in [6.07, 6.45) is -1.28. The molecule has 4 N–H and O–H groups in total. The third-order valence-corrected chi connectivity index (χ3v) is 3.05. The van der Waals surface area contributed by atoms with Gasteiger partial charge in [-0.2, -0.15) is 4.98 Å². The Labute approximate surface area is 109 Å². The number of aliphatic hydroxyl groups is 2. The Hall–Kier alpha value is -1.92. The van der Waals surface area contributed by atoms with E-state index < -0.39 is 24.1 Å². The summed E-state index contributed by atoms with van der Waals surface area (Å²) in [4.78, 5) is 15.5. The Morgan fingerprint density at radius 1 is 1.68 bits per heavy atom. The van der Waals surface area contributed by atoms with Crippen LogP contribution in [0.15, 0.2) is 28.9 Å². The molecule has 3 atom stereocenters. The van der Waals surface area contributed by atoms with Crippen molar-refractivity contribution in [3.8, 4) is 0 Å². The monoisotopic (exact) mass is 265 g/mol. The zero-order valence-electron chi connectivity index (χ0n) is 10.4. The summed E-state index contributed by atoms with van der Waals surface area (Å²) in [7, 11) is 0. The van der Waals surface area contributed by atoms with E-state index in [1.165, 1.54) is 10.8 Å². The molecule has 1 saturated heterocycles. The molecule has 0 bridgehead atoms. The second kappa shape index (κ2) is 4.99. The van der Waals surface area contributed by atoms with E-state index in [2.05, 4.69) is 17.3 Å². The van der Waals surface area contributed by atoms with Gasteiger partial charge in [0, 0.05) is 11.8 Å². The molecule has 1 aromatic heterocycles. The molecular formula is C12H15N3O4. The SMILES string of the molecule is C=C=C1C(O)[C@@H](CO)O[C@H]1n1cc(C)c(N)nc1=O.